The van der Waals surface area contributed by atoms with Crippen LogP contribution in [-0.2, 0) is 4.79 Å². The van der Waals surface area contributed by atoms with E-state index in [-0.39, 0.29) is 5.78 Å². The van der Waals surface area contributed by atoms with Crippen molar-refractivity contribution in [3.63, 3.8) is 0 Å². The zero-order valence-electron chi connectivity index (χ0n) is 14.1. The first-order valence-electron chi connectivity index (χ1n) is 8.51. The maximum Gasteiger partial charge on any atom is 0.130 e. The van der Waals surface area contributed by atoms with Gasteiger partial charge in [-0.1, -0.05) is 77.7 Å². The predicted molar refractivity (Wildman–Crippen MR) is 103 cm³/mol. The molecule has 0 N–H and O–H groups in total. The number of allylic oxidation sites excluding steroid dienone is 2. The van der Waals surface area contributed by atoms with Crippen LogP contribution in [0.4, 0.5) is 0 Å². The SMILES string of the molecule is CC(=O)C[C@@H](/C=C/C#Cc1ccccc1)CCCCCCCBr. The minimum Gasteiger partial charge on any atom is -0.300 e. The number of halogens is 1. The fourth-order valence-corrected chi connectivity index (χ4v) is 2.89. The Labute approximate surface area is 149 Å². The minimum absolute atomic E-state index is 0.259. The molecule has 0 aromatic heterocycles. The van der Waals surface area contributed by atoms with Crippen LogP contribution in [-0.4, -0.2) is 11.1 Å². The topological polar surface area (TPSA) is 17.1 Å². The number of unbranched alkanes of at least 4 members (excludes halogenated alkanes) is 4. The molecule has 0 unspecified atom stereocenters. The molecule has 1 rings (SSSR count). The highest BCUT2D eigenvalue weighted by Gasteiger charge is 2.07. The predicted octanol–water partition coefficient (Wildman–Crippen LogP) is 5.93. The van der Waals surface area contributed by atoms with Gasteiger partial charge >= 0.3 is 0 Å². The molecule has 0 aliphatic carbocycles. The Morgan fingerprint density at radius 1 is 1.13 bits per heavy atom. The van der Waals surface area contributed by atoms with E-state index in [4.69, 9.17) is 0 Å². The summed E-state index contributed by atoms with van der Waals surface area (Å²) in [5.41, 5.74) is 1.02. The Hall–Kier alpha value is -1.33. The number of carbonyl (C=O) groups is 1. The first-order valence-corrected chi connectivity index (χ1v) is 9.63. The molecule has 0 radical (unpaired) electrons. The molecular weight excluding hydrogens is 348 g/mol. The second-order valence-electron chi connectivity index (χ2n) is 5.91. The maximum atomic E-state index is 11.4. The second kappa shape index (κ2) is 13.1. The molecule has 0 aliphatic heterocycles. The monoisotopic (exact) mass is 374 g/mol. The fraction of sp³-hybridized carbons (Fsp3) is 0.476. The van der Waals surface area contributed by atoms with Gasteiger partial charge in [0.15, 0.2) is 0 Å². The standard InChI is InChI=1S/C21H27BrO/c1-19(23)18-21(15-6-3-2-4-11-17-22)16-10-9-14-20-12-7-5-8-13-20/h5,7-8,10,12-13,16,21H,2-4,6,11,15,17-18H2,1H3/b16-10+/t21-/m1/s1. The summed E-state index contributed by atoms with van der Waals surface area (Å²) in [5, 5.41) is 1.10. The van der Waals surface area contributed by atoms with E-state index >= 15 is 0 Å². The van der Waals surface area contributed by atoms with Gasteiger partial charge in [-0.25, -0.2) is 0 Å². The number of rotatable bonds is 10. The van der Waals surface area contributed by atoms with Crippen molar-refractivity contribution < 1.29 is 4.79 Å². The molecule has 1 atom stereocenters. The Balaban J connectivity index is 2.40. The van der Waals surface area contributed by atoms with Crippen LogP contribution >= 0.6 is 15.9 Å². The minimum atomic E-state index is 0.259. The third kappa shape index (κ3) is 10.9. The molecular formula is C21H27BrO. The van der Waals surface area contributed by atoms with Crippen LogP contribution in [0.5, 0.6) is 0 Å². The Morgan fingerprint density at radius 2 is 1.83 bits per heavy atom. The Morgan fingerprint density at radius 3 is 2.52 bits per heavy atom. The lowest BCUT2D eigenvalue weighted by Gasteiger charge is -2.10. The van der Waals surface area contributed by atoms with Gasteiger partial charge in [0.1, 0.15) is 5.78 Å². The van der Waals surface area contributed by atoms with E-state index in [9.17, 15) is 4.79 Å². The van der Waals surface area contributed by atoms with Gasteiger partial charge in [0.25, 0.3) is 0 Å². The quantitative estimate of drug-likeness (QED) is 0.282. The van der Waals surface area contributed by atoms with E-state index in [2.05, 4.69) is 33.8 Å². The molecule has 0 bridgehead atoms. The Bertz CT molecular complexity index is 522. The van der Waals surface area contributed by atoms with Crippen LogP contribution in [0.3, 0.4) is 0 Å². The zero-order valence-corrected chi connectivity index (χ0v) is 15.6. The van der Waals surface area contributed by atoms with Crippen molar-refractivity contribution in [2.75, 3.05) is 5.33 Å². The summed E-state index contributed by atoms with van der Waals surface area (Å²) in [4.78, 5) is 11.4. The first-order chi connectivity index (χ1) is 11.2. The van der Waals surface area contributed by atoms with Crippen LogP contribution in [0.15, 0.2) is 42.5 Å². The number of hydrogen-bond donors (Lipinski definition) is 0. The van der Waals surface area contributed by atoms with Crippen LogP contribution in [0.1, 0.15) is 57.4 Å². The van der Waals surface area contributed by atoms with Crippen molar-refractivity contribution >= 4 is 21.7 Å². The molecule has 23 heavy (non-hydrogen) atoms. The van der Waals surface area contributed by atoms with E-state index in [0.717, 1.165) is 17.3 Å². The largest absolute Gasteiger partial charge is 0.300 e. The van der Waals surface area contributed by atoms with Gasteiger partial charge in [-0.15, -0.1) is 0 Å². The smallest absolute Gasteiger partial charge is 0.130 e. The number of ketones is 1. The van der Waals surface area contributed by atoms with Crippen molar-refractivity contribution in [1.29, 1.82) is 0 Å². The molecule has 2 heteroatoms. The van der Waals surface area contributed by atoms with Crippen LogP contribution < -0.4 is 0 Å². The highest BCUT2D eigenvalue weighted by atomic mass is 79.9. The van der Waals surface area contributed by atoms with Crippen molar-refractivity contribution in [3.05, 3.63) is 48.0 Å². The maximum absolute atomic E-state index is 11.4. The average molecular weight is 375 g/mol. The molecule has 0 saturated heterocycles. The first kappa shape index (κ1) is 19.7. The molecule has 0 amide bonds. The van der Waals surface area contributed by atoms with Gasteiger partial charge in [-0.2, -0.15) is 0 Å². The third-order valence-corrected chi connectivity index (χ3v) is 4.26. The normalized spacial score (nSPS) is 11.9. The van der Waals surface area contributed by atoms with E-state index in [1.54, 1.807) is 6.92 Å². The van der Waals surface area contributed by atoms with E-state index in [1.807, 2.05) is 36.4 Å². The molecule has 1 nitrogen and oxygen atoms in total. The van der Waals surface area contributed by atoms with Gasteiger partial charge in [0, 0.05) is 17.3 Å². The summed E-state index contributed by atoms with van der Waals surface area (Å²) in [6.07, 6.45) is 12.0. The molecule has 0 spiro atoms. The highest BCUT2D eigenvalue weighted by molar-refractivity contribution is 9.09. The van der Waals surface area contributed by atoms with Gasteiger partial charge in [-0.3, -0.25) is 0 Å². The highest BCUT2D eigenvalue weighted by Crippen LogP contribution is 2.17. The zero-order chi connectivity index (χ0) is 16.8. The summed E-state index contributed by atoms with van der Waals surface area (Å²) in [5.74, 6) is 6.78. The summed E-state index contributed by atoms with van der Waals surface area (Å²) in [6.45, 7) is 1.67. The van der Waals surface area contributed by atoms with E-state index in [0.29, 0.717) is 12.3 Å². The summed E-state index contributed by atoms with van der Waals surface area (Å²) in [6, 6.07) is 9.97. The van der Waals surface area contributed by atoms with Crippen LogP contribution in [0.25, 0.3) is 0 Å². The van der Waals surface area contributed by atoms with Gasteiger partial charge in [0.05, 0.1) is 0 Å². The van der Waals surface area contributed by atoms with Crippen LogP contribution in [0, 0.1) is 17.8 Å². The molecule has 0 fully saturated rings. The van der Waals surface area contributed by atoms with Gasteiger partial charge in [-0.05, 0) is 43.9 Å². The summed E-state index contributed by atoms with van der Waals surface area (Å²) < 4.78 is 0. The van der Waals surface area contributed by atoms with Gasteiger partial charge < -0.3 is 4.79 Å². The summed E-state index contributed by atoms with van der Waals surface area (Å²) >= 11 is 3.46. The molecule has 1 aromatic rings. The van der Waals surface area contributed by atoms with E-state index in [1.165, 1.54) is 32.1 Å². The average Bonchev–Trinajstić information content (AvgIpc) is 2.55. The number of Topliss-reactive ketones (excluding diaryl/α,β-unsaturated/α-hetero) is 1. The van der Waals surface area contributed by atoms with Crippen molar-refractivity contribution in [3.8, 4) is 11.8 Å². The third-order valence-electron chi connectivity index (χ3n) is 3.70. The lowest BCUT2D eigenvalue weighted by atomic mass is 9.95. The van der Waals surface area contributed by atoms with Gasteiger partial charge in [0.2, 0.25) is 0 Å². The number of hydrogen-bond acceptors (Lipinski definition) is 1. The number of carbonyl (C=O) groups excluding carboxylic acids is 1. The molecule has 1 aromatic carbocycles. The second-order valence-corrected chi connectivity index (χ2v) is 6.70. The van der Waals surface area contributed by atoms with Crippen LogP contribution in [0.2, 0.25) is 0 Å². The molecule has 124 valence electrons. The van der Waals surface area contributed by atoms with Crippen molar-refractivity contribution in [2.45, 2.75) is 51.9 Å². The fourth-order valence-electron chi connectivity index (χ4n) is 2.50. The lowest BCUT2D eigenvalue weighted by Crippen LogP contribution is -2.03. The summed E-state index contributed by atoms with van der Waals surface area (Å²) in [7, 11) is 0. The number of alkyl halides is 1. The van der Waals surface area contributed by atoms with Crippen molar-refractivity contribution in [1.82, 2.24) is 0 Å². The van der Waals surface area contributed by atoms with E-state index < -0.39 is 0 Å². The molecule has 0 heterocycles. The molecule has 0 aliphatic rings. The lowest BCUT2D eigenvalue weighted by molar-refractivity contribution is -0.117. The van der Waals surface area contributed by atoms with Crippen molar-refractivity contribution in [2.24, 2.45) is 5.92 Å². The number of benzene rings is 1. The molecule has 0 saturated carbocycles. The Kier molecular flexibility index (Phi) is 11.3.